The molecule has 206 valence electrons. The zero-order valence-electron chi connectivity index (χ0n) is 22.8. The van der Waals surface area contributed by atoms with Crippen LogP contribution < -0.4 is 5.73 Å². The highest BCUT2D eigenvalue weighted by Gasteiger charge is 2.12. The van der Waals surface area contributed by atoms with Crippen LogP contribution in [0.15, 0.2) is 0 Å². The highest BCUT2D eigenvalue weighted by molar-refractivity contribution is 7.84. The van der Waals surface area contributed by atoms with Crippen molar-refractivity contribution >= 4 is 16.1 Å². The Balaban J connectivity index is 0. The van der Waals surface area contributed by atoms with E-state index in [0.29, 0.717) is 18.8 Å². The lowest BCUT2D eigenvalue weighted by atomic mass is 9.94. The summed E-state index contributed by atoms with van der Waals surface area (Å²) in [6.07, 6.45) is 27.7. The first-order chi connectivity index (χ1) is 16.2. The molecule has 1 unspecified atom stereocenters. The molecule has 0 radical (unpaired) electrons. The first kappa shape index (κ1) is 35.5. The maximum atomic E-state index is 11.5. The molecule has 0 aliphatic rings. The molecule has 0 spiro atoms. The molecule has 0 aromatic rings. The zero-order valence-corrected chi connectivity index (χ0v) is 23.6. The van der Waals surface area contributed by atoms with Gasteiger partial charge in [-0.1, -0.05) is 129 Å². The molecule has 3 N–H and O–H groups in total. The van der Waals surface area contributed by atoms with Crippen LogP contribution >= 0.6 is 0 Å². The van der Waals surface area contributed by atoms with Gasteiger partial charge in [-0.15, -0.1) is 0 Å². The van der Waals surface area contributed by atoms with Crippen LogP contribution in [0.4, 0.5) is 0 Å². The zero-order chi connectivity index (χ0) is 25.9. The van der Waals surface area contributed by atoms with Crippen LogP contribution in [0.25, 0.3) is 0 Å². The van der Waals surface area contributed by atoms with E-state index < -0.39 is 10.1 Å². The maximum Gasteiger partial charge on any atom is 0.361 e. The largest absolute Gasteiger partial charge is 0.748 e. The number of unbranched alkanes of at least 4 members (excludes halogenated alkanes) is 16. The monoisotopic (exact) mass is 507 g/mol. The lowest BCUT2D eigenvalue weighted by Crippen LogP contribution is -2.54. The normalized spacial score (nSPS) is 12.1. The summed E-state index contributed by atoms with van der Waals surface area (Å²) < 4.78 is 32.6. The second kappa shape index (κ2) is 26.9. The molecule has 0 fully saturated rings. The van der Waals surface area contributed by atoms with E-state index in [1.54, 1.807) is 0 Å². The summed E-state index contributed by atoms with van der Waals surface area (Å²) in [6, 6.07) is 0. The first-order valence-corrected chi connectivity index (χ1v) is 15.9. The predicted molar refractivity (Wildman–Crippen MR) is 142 cm³/mol. The summed E-state index contributed by atoms with van der Waals surface area (Å²) in [6.45, 7) is 5.42. The number of hydrogen-bond acceptors (Lipinski definition) is 5. The number of carbonyl (C=O) groups excluding carboxylic acids is 1. The summed E-state index contributed by atoms with van der Waals surface area (Å²) >= 11 is 0. The van der Waals surface area contributed by atoms with Gasteiger partial charge in [-0.25, -0.2) is 13.2 Å². The van der Waals surface area contributed by atoms with Gasteiger partial charge in [-0.3, -0.25) is 0 Å². The van der Waals surface area contributed by atoms with Gasteiger partial charge in [0.2, 0.25) is 0 Å². The van der Waals surface area contributed by atoms with Crippen molar-refractivity contribution < 1.29 is 28.2 Å². The Labute approximate surface area is 211 Å². The van der Waals surface area contributed by atoms with Crippen LogP contribution in [0.5, 0.6) is 0 Å². The second-order valence-corrected chi connectivity index (χ2v) is 11.1. The van der Waals surface area contributed by atoms with Crippen LogP contribution in [-0.2, 0) is 19.6 Å². The average Bonchev–Trinajstić information content (AvgIpc) is 2.78. The van der Waals surface area contributed by atoms with Gasteiger partial charge in [0.05, 0.1) is 16.7 Å². The quantitative estimate of drug-likeness (QED) is 0.0978. The molecule has 7 heteroatoms. The summed E-state index contributed by atoms with van der Waals surface area (Å²) in [5, 5.41) is 0. The minimum Gasteiger partial charge on any atom is -0.748 e. The summed E-state index contributed by atoms with van der Waals surface area (Å²) in [5.74, 6) is 0.411. The average molecular weight is 508 g/mol. The molecular formula is C27H57NO5S. The number of quaternary nitrogens is 1. The molecule has 0 saturated carbocycles. The van der Waals surface area contributed by atoms with E-state index >= 15 is 0 Å². The van der Waals surface area contributed by atoms with Crippen LogP contribution in [0.1, 0.15) is 142 Å². The highest BCUT2D eigenvalue weighted by Crippen LogP contribution is 2.20. The van der Waals surface area contributed by atoms with E-state index in [-0.39, 0.29) is 12.5 Å². The Bertz CT molecular complexity index is 517. The molecule has 34 heavy (non-hydrogen) atoms. The standard InChI is InChI=1S/C26H53NO2.CH4O3S/c1-3-5-7-9-11-13-14-16-18-20-22-25(24-29-26(28)23-27)21-19-17-15-12-10-8-6-4-2;1-5(2,3)4/h25H,3-24,27H2,1-2H3;1H3,(H,2,3,4). The van der Waals surface area contributed by atoms with Crippen molar-refractivity contribution in [1.82, 2.24) is 0 Å². The van der Waals surface area contributed by atoms with Crippen LogP contribution in [0.2, 0.25) is 0 Å². The van der Waals surface area contributed by atoms with Gasteiger partial charge in [0.25, 0.3) is 0 Å². The molecule has 0 aromatic carbocycles. The molecule has 0 amide bonds. The molecule has 0 aliphatic heterocycles. The topological polar surface area (TPSA) is 111 Å². The molecule has 1 atom stereocenters. The number of ether oxygens (including phenoxy) is 1. The van der Waals surface area contributed by atoms with E-state index in [0.717, 1.165) is 0 Å². The van der Waals surface area contributed by atoms with E-state index in [2.05, 4.69) is 19.6 Å². The highest BCUT2D eigenvalue weighted by atomic mass is 32.2. The van der Waals surface area contributed by atoms with Crippen LogP contribution in [0, 0.1) is 5.92 Å². The minimum absolute atomic E-state index is 0.144. The van der Waals surface area contributed by atoms with Gasteiger partial charge in [0.1, 0.15) is 0 Å². The molecule has 0 heterocycles. The van der Waals surface area contributed by atoms with Gasteiger partial charge in [-0.2, -0.15) is 0 Å². The van der Waals surface area contributed by atoms with Crippen molar-refractivity contribution in [2.45, 2.75) is 142 Å². The number of esters is 1. The van der Waals surface area contributed by atoms with E-state index in [1.807, 2.05) is 0 Å². The lowest BCUT2D eigenvalue weighted by Gasteiger charge is -2.16. The Hall–Kier alpha value is -0.660. The van der Waals surface area contributed by atoms with Gasteiger partial charge in [-0.05, 0) is 18.8 Å². The Kier molecular flexibility index (Phi) is 28.1. The van der Waals surface area contributed by atoms with Crippen LogP contribution in [0.3, 0.4) is 0 Å². The van der Waals surface area contributed by atoms with Crippen molar-refractivity contribution in [2.24, 2.45) is 5.92 Å². The van der Waals surface area contributed by atoms with Crippen molar-refractivity contribution in [3.05, 3.63) is 0 Å². The number of carbonyl (C=O) groups is 1. The SMILES string of the molecule is CCCCCCCCCCCCC(CCCCCCCCCC)COC(=O)C[NH3+].CS(=O)(=O)[O-]. The fraction of sp³-hybridized carbons (Fsp3) is 0.963. The fourth-order valence-corrected chi connectivity index (χ4v) is 4.08. The lowest BCUT2D eigenvalue weighted by molar-refractivity contribution is -0.359. The van der Waals surface area contributed by atoms with Gasteiger partial charge >= 0.3 is 5.97 Å². The molecule has 0 aliphatic carbocycles. The number of hydrogen-bond donors (Lipinski definition) is 1. The van der Waals surface area contributed by atoms with Gasteiger partial charge in [0.15, 0.2) is 6.54 Å². The van der Waals surface area contributed by atoms with E-state index in [9.17, 15) is 4.79 Å². The summed E-state index contributed by atoms with van der Waals surface area (Å²) in [7, 11) is -3.92. The summed E-state index contributed by atoms with van der Waals surface area (Å²) in [4.78, 5) is 11.5. The maximum absolute atomic E-state index is 11.5. The summed E-state index contributed by atoms with van der Waals surface area (Å²) in [5.41, 5.74) is 3.63. The second-order valence-electron chi connectivity index (χ2n) is 9.74. The number of rotatable bonds is 23. The third kappa shape index (κ3) is 35.9. The first-order valence-electron chi connectivity index (χ1n) is 14.1. The molecule has 0 rings (SSSR count). The van der Waals surface area contributed by atoms with Crippen molar-refractivity contribution in [2.75, 3.05) is 19.4 Å². The molecule has 0 bridgehead atoms. The predicted octanol–water partition coefficient (Wildman–Crippen LogP) is 6.39. The molecule has 0 saturated heterocycles. The molecule has 6 nitrogen and oxygen atoms in total. The Morgan fingerprint density at radius 2 is 1.00 bits per heavy atom. The fourth-order valence-electron chi connectivity index (χ4n) is 4.08. The Morgan fingerprint density at radius 1 is 0.706 bits per heavy atom. The van der Waals surface area contributed by atoms with Crippen LogP contribution in [-0.4, -0.2) is 38.3 Å². The molecule has 0 aromatic heterocycles. The van der Waals surface area contributed by atoms with E-state index in [1.165, 1.54) is 128 Å². The third-order valence-electron chi connectivity index (χ3n) is 6.12. The van der Waals surface area contributed by atoms with Crippen molar-refractivity contribution in [3.8, 4) is 0 Å². The smallest absolute Gasteiger partial charge is 0.361 e. The van der Waals surface area contributed by atoms with Crippen molar-refractivity contribution in [1.29, 1.82) is 0 Å². The van der Waals surface area contributed by atoms with Gasteiger partial charge in [0, 0.05) is 6.26 Å². The van der Waals surface area contributed by atoms with Crippen molar-refractivity contribution in [3.63, 3.8) is 0 Å². The van der Waals surface area contributed by atoms with E-state index in [4.69, 9.17) is 17.7 Å². The van der Waals surface area contributed by atoms with Gasteiger partial charge < -0.3 is 15.0 Å². The molecular weight excluding hydrogens is 450 g/mol. The minimum atomic E-state index is -3.92. The third-order valence-corrected chi connectivity index (χ3v) is 6.12. The Morgan fingerprint density at radius 3 is 1.29 bits per heavy atom.